The highest BCUT2D eigenvalue weighted by Crippen LogP contribution is 2.18. The molecule has 16 heavy (non-hydrogen) atoms. The second-order valence-corrected chi connectivity index (χ2v) is 4.66. The Hall–Kier alpha value is -1.02. The van der Waals surface area contributed by atoms with Crippen molar-refractivity contribution >= 4 is 0 Å². The van der Waals surface area contributed by atoms with E-state index in [-0.39, 0.29) is 0 Å². The molecule has 0 amide bonds. The molecule has 1 aromatic rings. The number of rotatable bonds is 6. The molecule has 0 saturated heterocycles. The summed E-state index contributed by atoms with van der Waals surface area (Å²) in [5.74, 6) is 1.73. The molecule has 0 aromatic heterocycles. The van der Waals surface area contributed by atoms with E-state index in [4.69, 9.17) is 4.74 Å². The van der Waals surface area contributed by atoms with Gasteiger partial charge in [-0.3, -0.25) is 0 Å². The molecule has 0 aliphatic carbocycles. The van der Waals surface area contributed by atoms with Gasteiger partial charge in [-0.2, -0.15) is 0 Å². The van der Waals surface area contributed by atoms with E-state index in [1.807, 2.05) is 6.07 Å². The van der Waals surface area contributed by atoms with Crippen LogP contribution in [0.1, 0.15) is 31.4 Å². The number of methoxy groups -OCH3 is 1. The molecule has 0 bridgehead atoms. The molecule has 1 aromatic carbocycles. The van der Waals surface area contributed by atoms with Crippen molar-refractivity contribution in [1.29, 1.82) is 0 Å². The maximum absolute atomic E-state index is 5.24. The standard InChI is InChI=1S/C14H23NO/c1-11(2)7-8-15-10-13-5-6-14(16-4)12(3)9-13/h5-6,9,11,15H,7-8,10H2,1-4H3. The molecule has 0 fully saturated rings. The van der Waals surface area contributed by atoms with E-state index in [2.05, 4.69) is 38.2 Å². The van der Waals surface area contributed by atoms with Gasteiger partial charge < -0.3 is 10.1 Å². The van der Waals surface area contributed by atoms with Crippen LogP contribution in [-0.2, 0) is 6.54 Å². The predicted octanol–water partition coefficient (Wildman–Crippen LogP) is 3.14. The first-order valence-electron chi connectivity index (χ1n) is 5.97. The zero-order chi connectivity index (χ0) is 12.0. The molecule has 1 N–H and O–H groups in total. The molecule has 1 rings (SSSR count). The molecule has 0 atom stereocenters. The molecule has 0 radical (unpaired) electrons. The van der Waals surface area contributed by atoms with Crippen molar-refractivity contribution in [3.05, 3.63) is 29.3 Å². The highest BCUT2D eigenvalue weighted by atomic mass is 16.5. The van der Waals surface area contributed by atoms with Crippen molar-refractivity contribution in [2.24, 2.45) is 5.92 Å². The van der Waals surface area contributed by atoms with Crippen LogP contribution in [0.25, 0.3) is 0 Å². The van der Waals surface area contributed by atoms with Crippen molar-refractivity contribution in [1.82, 2.24) is 5.32 Å². The molecule has 0 heterocycles. The van der Waals surface area contributed by atoms with Crippen LogP contribution in [0.5, 0.6) is 5.75 Å². The average molecular weight is 221 g/mol. The summed E-state index contributed by atoms with van der Waals surface area (Å²) in [5, 5.41) is 3.46. The zero-order valence-electron chi connectivity index (χ0n) is 10.8. The van der Waals surface area contributed by atoms with E-state index in [0.717, 1.165) is 24.8 Å². The molecule has 0 spiro atoms. The van der Waals surface area contributed by atoms with Gasteiger partial charge in [-0.05, 0) is 43.0 Å². The Kier molecular flexibility index (Phi) is 5.33. The fraction of sp³-hybridized carbons (Fsp3) is 0.571. The second kappa shape index (κ2) is 6.54. The van der Waals surface area contributed by atoms with E-state index in [1.54, 1.807) is 7.11 Å². The van der Waals surface area contributed by atoms with Gasteiger partial charge in [-0.15, -0.1) is 0 Å². The Morgan fingerprint density at radius 1 is 1.31 bits per heavy atom. The maximum atomic E-state index is 5.24. The third-order valence-electron chi connectivity index (χ3n) is 2.69. The second-order valence-electron chi connectivity index (χ2n) is 4.66. The van der Waals surface area contributed by atoms with E-state index in [1.165, 1.54) is 17.5 Å². The first-order valence-corrected chi connectivity index (χ1v) is 5.97. The van der Waals surface area contributed by atoms with E-state index in [0.29, 0.717) is 0 Å². The van der Waals surface area contributed by atoms with Gasteiger partial charge in [0.05, 0.1) is 7.11 Å². The maximum Gasteiger partial charge on any atom is 0.121 e. The van der Waals surface area contributed by atoms with Gasteiger partial charge in [0.25, 0.3) is 0 Å². The van der Waals surface area contributed by atoms with Gasteiger partial charge in [0.1, 0.15) is 5.75 Å². The zero-order valence-corrected chi connectivity index (χ0v) is 10.8. The van der Waals surface area contributed by atoms with Gasteiger partial charge in [0.15, 0.2) is 0 Å². The summed E-state index contributed by atoms with van der Waals surface area (Å²) in [4.78, 5) is 0. The molecule has 0 aliphatic rings. The average Bonchev–Trinajstić information content (AvgIpc) is 2.24. The summed E-state index contributed by atoms with van der Waals surface area (Å²) in [6.45, 7) is 8.61. The highest BCUT2D eigenvalue weighted by molar-refractivity contribution is 5.36. The highest BCUT2D eigenvalue weighted by Gasteiger charge is 2.00. The summed E-state index contributed by atoms with van der Waals surface area (Å²) in [7, 11) is 1.71. The first kappa shape index (κ1) is 13.0. The van der Waals surface area contributed by atoms with Gasteiger partial charge >= 0.3 is 0 Å². The third-order valence-corrected chi connectivity index (χ3v) is 2.69. The Bertz CT molecular complexity index is 321. The topological polar surface area (TPSA) is 21.3 Å². The Morgan fingerprint density at radius 3 is 2.62 bits per heavy atom. The molecular formula is C14H23NO. The summed E-state index contributed by atoms with van der Waals surface area (Å²) >= 11 is 0. The number of aryl methyl sites for hydroxylation is 1. The smallest absolute Gasteiger partial charge is 0.121 e. The lowest BCUT2D eigenvalue weighted by atomic mass is 10.1. The molecule has 2 nitrogen and oxygen atoms in total. The van der Waals surface area contributed by atoms with Crippen LogP contribution in [0, 0.1) is 12.8 Å². The molecule has 0 saturated carbocycles. The van der Waals surface area contributed by atoms with Crippen LogP contribution in [0.4, 0.5) is 0 Å². The number of ether oxygens (including phenoxy) is 1. The van der Waals surface area contributed by atoms with Crippen molar-refractivity contribution in [3.8, 4) is 5.75 Å². The SMILES string of the molecule is COc1ccc(CNCCC(C)C)cc1C. The lowest BCUT2D eigenvalue weighted by Gasteiger charge is -2.09. The number of hydrogen-bond donors (Lipinski definition) is 1. The largest absolute Gasteiger partial charge is 0.496 e. The van der Waals surface area contributed by atoms with E-state index in [9.17, 15) is 0 Å². The lowest BCUT2D eigenvalue weighted by Crippen LogP contribution is -2.16. The van der Waals surface area contributed by atoms with Crippen LogP contribution in [-0.4, -0.2) is 13.7 Å². The fourth-order valence-electron chi connectivity index (χ4n) is 1.67. The molecule has 0 aliphatic heterocycles. The number of hydrogen-bond acceptors (Lipinski definition) is 2. The van der Waals surface area contributed by atoms with Gasteiger partial charge in [-0.25, -0.2) is 0 Å². The van der Waals surface area contributed by atoms with Gasteiger partial charge in [0, 0.05) is 6.54 Å². The monoisotopic (exact) mass is 221 g/mol. The summed E-state index contributed by atoms with van der Waals surface area (Å²) in [6.07, 6.45) is 1.23. The predicted molar refractivity (Wildman–Crippen MR) is 68.9 cm³/mol. The van der Waals surface area contributed by atoms with E-state index < -0.39 is 0 Å². The Balaban J connectivity index is 2.40. The Morgan fingerprint density at radius 2 is 2.06 bits per heavy atom. The minimum absolute atomic E-state index is 0.769. The molecule has 0 unspecified atom stereocenters. The minimum Gasteiger partial charge on any atom is -0.496 e. The Labute approximate surface area is 99.0 Å². The van der Waals surface area contributed by atoms with Crippen LogP contribution in [0.15, 0.2) is 18.2 Å². The lowest BCUT2D eigenvalue weighted by molar-refractivity contribution is 0.411. The number of benzene rings is 1. The van der Waals surface area contributed by atoms with Crippen LogP contribution in [0.3, 0.4) is 0 Å². The van der Waals surface area contributed by atoms with Crippen molar-refractivity contribution in [2.45, 2.75) is 33.7 Å². The normalized spacial score (nSPS) is 10.8. The van der Waals surface area contributed by atoms with Crippen LogP contribution >= 0.6 is 0 Å². The van der Waals surface area contributed by atoms with Crippen LogP contribution < -0.4 is 10.1 Å². The summed E-state index contributed by atoms with van der Waals surface area (Å²) < 4.78 is 5.24. The quantitative estimate of drug-likeness (QED) is 0.745. The summed E-state index contributed by atoms with van der Waals surface area (Å²) in [5.41, 5.74) is 2.52. The van der Waals surface area contributed by atoms with Crippen molar-refractivity contribution in [3.63, 3.8) is 0 Å². The molecular weight excluding hydrogens is 198 g/mol. The molecule has 90 valence electrons. The summed E-state index contributed by atoms with van der Waals surface area (Å²) in [6, 6.07) is 6.34. The van der Waals surface area contributed by atoms with Crippen molar-refractivity contribution < 1.29 is 4.74 Å². The number of nitrogens with one attached hydrogen (secondary N) is 1. The van der Waals surface area contributed by atoms with Crippen LogP contribution in [0.2, 0.25) is 0 Å². The van der Waals surface area contributed by atoms with Crippen molar-refractivity contribution in [2.75, 3.05) is 13.7 Å². The minimum atomic E-state index is 0.769. The first-order chi connectivity index (χ1) is 7.63. The van der Waals surface area contributed by atoms with E-state index >= 15 is 0 Å². The van der Waals surface area contributed by atoms with Gasteiger partial charge in [0.2, 0.25) is 0 Å². The fourth-order valence-corrected chi connectivity index (χ4v) is 1.67. The third kappa shape index (κ3) is 4.23. The van der Waals surface area contributed by atoms with Gasteiger partial charge in [-0.1, -0.05) is 26.0 Å². The molecule has 2 heteroatoms.